The Morgan fingerprint density at radius 1 is 1.00 bits per heavy atom. The molecule has 182 valence electrons. The van der Waals surface area contributed by atoms with Gasteiger partial charge in [-0.05, 0) is 49.9 Å². The molecule has 2 aromatic heterocycles. The lowest BCUT2D eigenvalue weighted by Crippen LogP contribution is -2.44. The first kappa shape index (κ1) is 27.6. The van der Waals surface area contributed by atoms with Crippen LogP contribution < -0.4 is 16.0 Å². The summed E-state index contributed by atoms with van der Waals surface area (Å²) in [5.41, 5.74) is 2.98. The van der Waals surface area contributed by atoms with Crippen molar-refractivity contribution in [2.24, 2.45) is 0 Å². The van der Waals surface area contributed by atoms with E-state index >= 15 is 0 Å². The average molecular weight is 502 g/mol. The summed E-state index contributed by atoms with van der Waals surface area (Å²) in [7, 11) is 0. The van der Waals surface area contributed by atoms with Gasteiger partial charge in [0.1, 0.15) is 5.82 Å². The van der Waals surface area contributed by atoms with Crippen molar-refractivity contribution in [1.29, 1.82) is 0 Å². The van der Waals surface area contributed by atoms with Gasteiger partial charge in [-0.2, -0.15) is 4.98 Å². The molecule has 0 aliphatic rings. The summed E-state index contributed by atoms with van der Waals surface area (Å²) in [6.45, 7) is 17.0. The minimum absolute atomic E-state index is 0.281. The van der Waals surface area contributed by atoms with Crippen LogP contribution in [-0.4, -0.2) is 33.1 Å². The molecule has 1 aromatic carbocycles. The number of hydrogen-bond donors (Lipinski definition) is 3. The van der Waals surface area contributed by atoms with E-state index in [4.69, 9.17) is 33.2 Å². The highest BCUT2D eigenvalue weighted by atomic mass is 35.5. The van der Waals surface area contributed by atoms with Crippen LogP contribution in [0.15, 0.2) is 55.5 Å². The molecule has 0 amide bonds. The molecule has 34 heavy (non-hydrogen) atoms. The zero-order chi connectivity index (χ0) is 25.3. The van der Waals surface area contributed by atoms with Crippen molar-refractivity contribution in [3.05, 3.63) is 65.5 Å². The molecule has 0 unspecified atom stereocenters. The molecular weight excluding hydrogens is 467 g/mol. The first-order valence-electron chi connectivity index (χ1n) is 11.4. The molecule has 0 aliphatic heterocycles. The number of hydrogen-bond acceptors (Lipinski definition) is 6. The van der Waals surface area contributed by atoms with E-state index in [-0.39, 0.29) is 5.54 Å². The van der Waals surface area contributed by atoms with E-state index in [1.54, 1.807) is 24.7 Å². The van der Waals surface area contributed by atoms with E-state index in [1.807, 2.05) is 38.1 Å². The van der Waals surface area contributed by atoms with Gasteiger partial charge in [0.2, 0.25) is 5.95 Å². The maximum Gasteiger partial charge on any atom is 0.225 e. The number of anilines is 2. The molecule has 0 saturated carbocycles. The van der Waals surface area contributed by atoms with Crippen molar-refractivity contribution >= 4 is 35.0 Å². The van der Waals surface area contributed by atoms with Crippen LogP contribution in [0.1, 0.15) is 41.5 Å². The maximum atomic E-state index is 6.33. The molecule has 0 bridgehead atoms. The van der Waals surface area contributed by atoms with Gasteiger partial charge < -0.3 is 16.0 Å². The Bertz CT molecular complexity index is 1080. The number of nitrogens with one attached hydrogen (secondary N) is 3. The second-order valence-corrected chi connectivity index (χ2v) is 9.19. The molecule has 2 heterocycles. The summed E-state index contributed by atoms with van der Waals surface area (Å²) in [6, 6.07) is 9.67. The predicted octanol–water partition coefficient (Wildman–Crippen LogP) is 7.28. The third kappa shape index (κ3) is 7.42. The Morgan fingerprint density at radius 3 is 2.26 bits per heavy atom. The van der Waals surface area contributed by atoms with Crippen molar-refractivity contribution < 1.29 is 0 Å². The highest BCUT2D eigenvalue weighted by Crippen LogP contribution is 2.39. The van der Waals surface area contributed by atoms with Crippen LogP contribution in [-0.2, 0) is 0 Å². The molecule has 3 N–H and O–H groups in total. The van der Waals surface area contributed by atoms with Gasteiger partial charge in [0, 0.05) is 36.1 Å². The Labute approximate surface area is 213 Å². The Kier molecular flexibility index (Phi) is 10.3. The van der Waals surface area contributed by atoms with Crippen molar-refractivity contribution in [2.45, 2.75) is 53.1 Å². The van der Waals surface area contributed by atoms with E-state index in [2.05, 4.69) is 55.2 Å². The van der Waals surface area contributed by atoms with E-state index in [1.165, 1.54) is 0 Å². The Morgan fingerprint density at radius 2 is 1.68 bits per heavy atom. The summed E-state index contributed by atoms with van der Waals surface area (Å²) < 4.78 is 0. The lowest BCUT2D eigenvalue weighted by molar-refractivity contribution is 0.466. The first-order chi connectivity index (χ1) is 16.2. The summed E-state index contributed by atoms with van der Waals surface area (Å²) >= 11 is 12.5. The quantitative estimate of drug-likeness (QED) is 0.286. The standard InChI is InChI=1S/C24H28Cl2N6.C2H6/c1-6-28-22-20(17-7-8-18(25)19(26)13-17)21(16-9-11-27-12-10-16)30-23(31-22)32-24(4,5)14-29-15(2)3;1-2/h6-13,15,29H,1,14H2,2-5H3,(H2,28,30,31,32);1-2H3. The summed E-state index contributed by atoms with van der Waals surface area (Å²) in [5.74, 6) is 1.11. The lowest BCUT2D eigenvalue weighted by Gasteiger charge is -2.28. The minimum Gasteiger partial charge on any atom is -0.348 e. The second kappa shape index (κ2) is 12.7. The molecular formula is C26H34Cl2N6. The monoisotopic (exact) mass is 500 g/mol. The van der Waals surface area contributed by atoms with Crippen molar-refractivity contribution in [2.75, 3.05) is 17.2 Å². The second-order valence-electron chi connectivity index (χ2n) is 8.38. The zero-order valence-corrected chi connectivity index (χ0v) is 22.2. The van der Waals surface area contributed by atoms with Gasteiger partial charge in [-0.1, -0.05) is 63.5 Å². The topological polar surface area (TPSA) is 74.8 Å². The fourth-order valence-electron chi connectivity index (χ4n) is 3.17. The molecule has 0 aliphatic carbocycles. The fourth-order valence-corrected chi connectivity index (χ4v) is 3.47. The number of pyridine rings is 1. The molecule has 3 rings (SSSR count). The molecule has 0 spiro atoms. The van der Waals surface area contributed by atoms with E-state index in [0.717, 1.165) is 28.9 Å². The van der Waals surface area contributed by atoms with Gasteiger partial charge in [-0.15, -0.1) is 0 Å². The molecule has 3 aromatic rings. The number of rotatable bonds is 9. The van der Waals surface area contributed by atoms with Crippen LogP contribution in [0.25, 0.3) is 22.4 Å². The summed E-state index contributed by atoms with van der Waals surface area (Å²) in [5, 5.41) is 11.0. The minimum atomic E-state index is -0.281. The van der Waals surface area contributed by atoms with E-state index in [0.29, 0.717) is 27.9 Å². The van der Waals surface area contributed by atoms with Gasteiger partial charge in [0.05, 0.1) is 21.3 Å². The molecule has 8 heteroatoms. The third-order valence-electron chi connectivity index (χ3n) is 4.71. The maximum absolute atomic E-state index is 6.33. The molecule has 0 fully saturated rings. The Hall–Kier alpha value is -2.67. The van der Waals surface area contributed by atoms with Crippen LogP contribution in [0, 0.1) is 0 Å². The van der Waals surface area contributed by atoms with Crippen LogP contribution in [0.2, 0.25) is 10.0 Å². The highest BCUT2D eigenvalue weighted by Gasteiger charge is 2.23. The SMILES string of the molecule is C=CNc1nc(NC(C)(C)CNC(C)C)nc(-c2ccncc2)c1-c1ccc(Cl)c(Cl)c1.CC. The average Bonchev–Trinajstić information content (AvgIpc) is 2.81. The van der Waals surface area contributed by atoms with Crippen molar-refractivity contribution in [1.82, 2.24) is 20.3 Å². The summed E-state index contributed by atoms with van der Waals surface area (Å²) in [4.78, 5) is 13.8. The number of nitrogens with zero attached hydrogens (tertiary/aromatic N) is 3. The number of benzene rings is 1. The molecule has 0 radical (unpaired) electrons. The van der Waals surface area contributed by atoms with Gasteiger partial charge in [0.15, 0.2) is 0 Å². The van der Waals surface area contributed by atoms with Gasteiger partial charge in [-0.3, -0.25) is 4.98 Å². The molecule has 0 atom stereocenters. The van der Waals surface area contributed by atoms with Gasteiger partial charge in [-0.25, -0.2) is 4.98 Å². The first-order valence-corrected chi connectivity index (χ1v) is 12.1. The lowest BCUT2D eigenvalue weighted by atomic mass is 10.00. The number of aromatic nitrogens is 3. The Balaban J connectivity index is 0.00000199. The smallest absolute Gasteiger partial charge is 0.225 e. The zero-order valence-electron chi connectivity index (χ0n) is 20.7. The third-order valence-corrected chi connectivity index (χ3v) is 5.45. The molecule has 0 saturated heterocycles. The van der Waals surface area contributed by atoms with Crippen LogP contribution in [0.4, 0.5) is 11.8 Å². The van der Waals surface area contributed by atoms with E-state index < -0.39 is 0 Å². The predicted molar refractivity (Wildman–Crippen MR) is 147 cm³/mol. The normalized spacial score (nSPS) is 11.0. The largest absolute Gasteiger partial charge is 0.348 e. The van der Waals surface area contributed by atoms with Crippen LogP contribution in [0.5, 0.6) is 0 Å². The van der Waals surface area contributed by atoms with Gasteiger partial charge in [0.25, 0.3) is 0 Å². The molecule has 6 nitrogen and oxygen atoms in total. The highest BCUT2D eigenvalue weighted by molar-refractivity contribution is 6.42. The fraction of sp³-hybridized carbons (Fsp3) is 0.346. The van der Waals surface area contributed by atoms with Crippen LogP contribution in [0.3, 0.4) is 0 Å². The van der Waals surface area contributed by atoms with Crippen molar-refractivity contribution in [3.63, 3.8) is 0 Å². The van der Waals surface area contributed by atoms with E-state index in [9.17, 15) is 0 Å². The van der Waals surface area contributed by atoms with Crippen molar-refractivity contribution in [3.8, 4) is 22.4 Å². The summed E-state index contributed by atoms with van der Waals surface area (Å²) in [6.07, 6.45) is 5.06. The van der Waals surface area contributed by atoms with Gasteiger partial charge >= 0.3 is 0 Å². The number of halogens is 2. The van der Waals surface area contributed by atoms with Crippen LogP contribution >= 0.6 is 23.2 Å².